The Labute approximate surface area is 64.7 Å². The van der Waals surface area contributed by atoms with Crippen LogP contribution in [-0.4, -0.2) is 24.8 Å². The summed E-state index contributed by atoms with van der Waals surface area (Å²) in [6.45, 7) is 4.62. The largest absolute Gasteiger partial charge is 0.355 e. The Morgan fingerprint density at radius 2 is 2.11 bits per heavy atom. The molecular formula is C6H13BrO2. The van der Waals surface area contributed by atoms with Crippen molar-refractivity contribution in [3.05, 3.63) is 0 Å². The average Bonchev–Trinajstić information content (AvgIpc) is 1.82. The van der Waals surface area contributed by atoms with Gasteiger partial charge in [-0.1, -0.05) is 15.9 Å². The zero-order chi connectivity index (χ0) is 7.28. The van der Waals surface area contributed by atoms with Gasteiger partial charge in [0.1, 0.15) is 0 Å². The summed E-state index contributed by atoms with van der Waals surface area (Å²) in [5.74, 6) is 0. The molecule has 3 heteroatoms. The lowest BCUT2D eigenvalue weighted by Crippen LogP contribution is -2.23. The van der Waals surface area contributed by atoms with Gasteiger partial charge in [-0.15, -0.1) is 0 Å². The van der Waals surface area contributed by atoms with Crippen LogP contribution < -0.4 is 0 Å². The molecule has 2 atom stereocenters. The van der Waals surface area contributed by atoms with E-state index in [0.29, 0.717) is 6.61 Å². The van der Waals surface area contributed by atoms with Gasteiger partial charge >= 0.3 is 0 Å². The van der Waals surface area contributed by atoms with Gasteiger partial charge in [-0.25, -0.2) is 0 Å². The maximum atomic E-state index is 5.18. The van der Waals surface area contributed by atoms with Crippen molar-refractivity contribution in [3.8, 4) is 0 Å². The summed E-state index contributed by atoms with van der Waals surface area (Å²) in [6, 6.07) is 0. The lowest BCUT2D eigenvalue weighted by atomic mass is 10.5. The molecule has 0 radical (unpaired) electrons. The van der Waals surface area contributed by atoms with Crippen LogP contribution in [0.25, 0.3) is 0 Å². The minimum atomic E-state index is -0.116. The van der Waals surface area contributed by atoms with Crippen molar-refractivity contribution >= 4 is 15.9 Å². The first-order valence-corrected chi connectivity index (χ1v) is 3.92. The Morgan fingerprint density at radius 1 is 1.56 bits per heavy atom. The zero-order valence-corrected chi connectivity index (χ0v) is 7.64. The van der Waals surface area contributed by atoms with Crippen LogP contribution in [0.3, 0.4) is 0 Å². The summed E-state index contributed by atoms with van der Waals surface area (Å²) in [5, 5.41) is 0. The van der Waals surface area contributed by atoms with E-state index in [9.17, 15) is 0 Å². The molecule has 2 nitrogen and oxygen atoms in total. The van der Waals surface area contributed by atoms with E-state index >= 15 is 0 Å². The fourth-order valence-electron chi connectivity index (χ4n) is 0.552. The lowest BCUT2D eigenvalue weighted by molar-refractivity contribution is -0.116. The van der Waals surface area contributed by atoms with Gasteiger partial charge in [0.25, 0.3) is 0 Å². The topological polar surface area (TPSA) is 18.5 Å². The van der Waals surface area contributed by atoms with E-state index < -0.39 is 0 Å². The third-order valence-corrected chi connectivity index (χ3v) is 1.37. The molecule has 0 saturated carbocycles. The Kier molecular flexibility index (Phi) is 5.44. The highest BCUT2D eigenvalue weighted by Crippen LogP contribution is 2.08. The zero-order valence-electron chi connectivity index (χ0n) is 6.06. The molecule has 2 unspecified atom stereocenters. The second kappa shape index (κ2) is 5.21. The third-order valence-electron chi connectivity index (χ3n) is 0.938. The molecule has 0 amide bonds. The van der Waals surface area contributed by atoms with E-state index in [2.05, 4.69) is 15.9 Å². The summed E-state index contributed by atoms with van der Waals surface area (Å²) in [7, 11) is 1.64. The Hall–Kier alpha value is 0.400. The molecule has 56 valence electrons. The number of halogens is 1. The summed E-state index contributed by atoms with van der Waals surface area (Å²) in [4.78, 5) is 0.252. The predicted molar refractivity (Wildman–Crippen MR) is 40.8 cm³/mol. The Bertz CT molecular complexity index is 66.1. The molecule has 0 aromatic rings. The molecule has 0 N–H and O–H groups in total. The highest BCUT2D eigenvalue weighted by atomic mass is 79.9. The number of methoxy groups -OCH3 is 1. The lowest BCUT2D eigenvalue weighted by Gasteiger charge is -2.16. The predicted octanol–water partition coefficient (Wildman–Crippen LogP) is 1.78. The van der Waals surface area contributed by atoms with Crippen molar-refractivity contribution in [2.24, 2.45) is 0 Å². The molecule has 0 aromatic carbocycles. The van der Waals surface area contributed by atoms with Crippen LogP contribution in [0.5, 0.6) is 0 Å². The first-order valence-electron chi connectivity index (χ1n) is 3.00. The van der Waals surface area contributed by atoms with E-state index in [0.717, 1.165) is 0 Å². The van der Waals surface area contributed by atoms with Crippen LogP contribution in [-0.2, 0) is 9.47 Å². The van der Waals surface area contributed by atoms with Gasteiger partial charge in [0.05, 0.1) is 4.83 Å². The van der Waals surface area contributed by atoms with Crippen LogP contribution in [0.1, 0.15) is 13.8 Å². The maximum absolute atomic E-state index is 5.18. The molecule has 0 aromatic heterocycles. The van der Waals surface area contributed by atoms with Gasteiger partial charge in [-0.05, 0) is 13.8 Å². The molecule has 0 bridgehead atoms. The third kappa shape index (κ3) is 3.89. The van der Waals surface area contributed by atoms with Crippen molar-refractivity contribution in [2.45, 2.75) is 25.0 Å². The fraction of sp³-hybridized carbons (Fsp3) is 1.00. The van der Waals surface area contributed by atoms with Crippen molar-refractivity contribution in [2.75, 3.05) is 13.7 Å². The van der Waals surface area contributed by atoms with E-state index in [1.165, 1.54) is 0 Å². The van der Waals surface area contributed by atoms with E-state index in [1.54, 1.807) is 7.11 Å². The molecule has 9 heavy (non-hydrogen) atoms. The SMILES string of the molecule is CCOC(OC)C(C)Br. The minimum absolute atomic E-state index is 0.116. The standard InChI is InChI=1S/C6H13BrO2/c1-4-9-6(8-3)5(2)7/h5-6H,4H2,1-3H3. The molecule has 0 rings (SSSR count). The Morgan fingerprint density at radius 3 is 2.22 bits per heavy atom. The minimum Gasteiger partial charge on any atom is -0.355 e. The van der Waals surface area contributed by atoms with Crippen LogP contribution in [0.2, 0.25) is 0 Å². The van der Waals surface area contributed by atoms with Crippen molar-refractivity contribution in [1.82, 2.24) is 0 Å². The molecule has 0 saturated heterocycles. The fourth-order valence-corrected chi connectivity index (χ4v) is 0.921. The van der Waals surface area contributed by atoms with Gasteiger partial charge in [0.15, 0.2) is 6.29 Å². The normalized spacial score (nSPS) is 17.3. The van der Waals surface area contributed by atoms with E-state index in [1.807, 2.05) is 13.8 Å². The monoisotopic (exact) mass is 196 g/mol. The molecule has 0 aliphatic rings. The highest BCUT2D eigenvalue weighted by Gasteiger charge is 2.11. The van der Waals surface area contributed by atoms with Gasteiger partial charge < -0.3 is 9.47 Å². The van der Waals surface area contributed by atoms with Crippen molar-refractivity contribution in [1.29, 1.82) is 0 Å². The summed E-state index contributed by atoms with van der Waals surface area (Å²) in [5.41, 5.74) is 0. The average molecular weight is 197 g/mol. The maximum Gasteiger partial charge on any atom is 0.169 e. The molecule has 0 aliphatic carbocycles. The van der Waals surface area contributed by atoms with Gasteiger partial charge in [-0.2, -0.15) is 0 Å². The number of ether oxygens (including phenoxy) is 2. The molecule has 0 spiro atoms. The number of alkyl halides is 1. The molecular weight excluding hydrogens is 184 g/mol. The first kappa shape index (κ1) is 9.40. The van der Waals surface area contributed by atoms with Crippen LogP contribution in [0, 0.1) is 0 Å². The number of hydrogen-bond acceptors (Lipinski definition) is 2. The number of hydrogen-bond donors (Lipinski definition) is 0. The molecule has 0 heterocycles. The number of rotatable bonds is 4. The first-order chi connectivity index (χ1) is 4.22. The summed E-state index contributed by atoms with van der Waals surface area (Å²) in [6.07, 6.45) is -0.116. The second-order valence-electron chi connectivity index (χ2n) is 1.74. The van der Waals surface area contributed by atoms with Crippen molar-refractivity contribution < 1.29 is 9.47 Å². The molecule has 0 aliphatic heterocycles. The highest BCUT2D eigenvalue weighted by molar-refractivity contribution is 9.09. The summed E-state index contributed by atoms with van der Waals surface area (Å²) >= 11 is 3.35. The smallest absolute Gasteiger partial charge is 0.169 e. The Balaban J connectivity index is 3.41. The van der Waals surface area contributed by atoms with E-state index in [4.69, 9.17) is 9.47 Å². The quantitative estimate of drug-likeness (QED) is 0.505. The van der Waals surface area contributed by atoms with Crippen LogP contribution in [0.4, 0.5) is 0 Å². The second-order valence-corrected chi connectivity index (χ2v) is 3.18. The van der Waals surface area contributed by atoms with E-state index in [-0.39, 0.29) is 11.1 Å². The van der Waals surface area contributed by atoms with Crippen molar-refractivity contribution in [3.63, 3.8) is 0 Å². The van der Waals surface area contributed by atoms with Crippen LogP contribution in [0.15, 0.2) is 0 Å². The van der Waals surface area contributed by atoms with Gasteiger partial charge in [0, 0.05) is 13.7 Å². The van der Waals surface area contributed by atoms with Crippen LogP contribution >= 0.6 is 15.9 Å². The van der Waals surface area contributed by atoms with Gasteiger partial charge in [0.2, 0.25) is 0 Å². The van der Waals surface area contributed by atoms with Gasteiger partial charge in [-0.3, -0.25) is 0 Å². The summed E-state index contributed by atoms with van der Waals surface area (Å²) < 4.78 is 10.2. The molecule has 0 fully saturated rings.